The average Bonchev–Trinajstić information content (AvgIpc) is 2.35. The van der Waals surface area contributed by atoms with Gasteiger partial charge in [0.05, 0.1) is 7.11 Å². The highest BCUT2D eigenvalue weighted by atomic mass is 16.5. The number of nitrogens with one attached hydrogen (secondary N) is 1. The fourth-order valence-corrected chi connectivity index (χ4v) is 2.11. The van der Waals surface area contributed by atoms with Gasteiger partial charge in [-0.2, -0.15) is 0 Å². The van der Waals surface area contributed by atoms with Gasteiger partial charge >= 0.3 is 0 Å². The first-order chi connectivity index (χ1) is 8.08. The first kappa shape index (κ1) is 14.0. The van der Waals surface area contributed by atoms with E-state index in [1.54, 1.807) is 7.11 Å². The Morgan fingerprint density at radius 1 is 1.24 bits per heavy atom. The Morgan fingerprint density at radius 3 is 2.47 bits per heavy atom. The summed E-state index contributed by atoms with van der Waals surface area (Å²) in [4.78, 5) is 0. The van der Waals surface area contributed by atoms with Crippen LogP contribution in [-0.2, 0) is 0 Å². The van der Waals surface area contributed by atoms with Crippen molar-refractivity contribution in [1.82, 2.24) is 5.32 Å². The highest BCUT2D eigenvalue weighted by Crippen LogP contribution is 2.20. The van der Waals surface area contributed by atoms with Crippen molar-refractivity contribution in [2.24, 2.45) is 5.92 Å². The third-order valence-corrected chi connectivity index (χ3v) is 3.30. The SMILES string of the molecule is CCC(NC(C)c1cccc(OC)c1)C(C)C. The molecule has 1 N–H and O–H groups in total. The van der Waals surface area contributed by atoms with Crippen molar-refractivity contribution >= 4 is 0 Å². The molecule has 2 heteroatoms. The molecule has 0 amide bonds. The van der Waals surface area contributed by atoms with Crippen molar-refractivity contribution in [2.45, 2.75) is 46.2 Å². The molecule has 0 aliphatic heterocycles. The van der Waals surface area contributed by atoms with Gasteiger partial charge in [0.2, 0.25) is 0 Å². The van der Waals surface area contributed by atoms with Gasteiger partial charge in [-0.3, -0.25) is 0 Å². The smallest absolute Gasteiger partial charge is 0.119 e. The summed E-state index contributed by atoms with van der Waals surface area (Å²) in [6, 6.07) is 9.20. The molecule has 0 saturated heterocycles. The summed E-state index contributed by atoms with van der Waals surface area (Å²) in [5.74, 6) is 1.59. The summed E-state index contributed by atoms with van der Waals surface area (Å²) >= 11 is 0. The van der Waals surface area contributed by atoms with E-state index in [9.17, 15) is 0 Å². The van der Waals surface area contributed by atoms with Gasteiger partial charge in [0.1, 0.15) is 5.75 Å². The highest BCUT2D eigenvalue weighted by Gasteiger charge is 2.15. The van der Waals surface area contributed by atoms with Crippen LogP contribution in [0.4, 0.5) is 0 Å². The number of benzene rings is 1. The standard InChI is InChI=1S/C15H25NO/c1-6-15(11(2)3)16-12(4)13-8-7-9-14(10-13)17-5/h7-12,15-16H,6H2,1-5H3. The maximum absolute atomic E-state index is 5.26. The number of hydrogen-bond acceptors (Lipinski definition) is 2. The minimum absolute atomic E-state index is 0.359. The van der Waals surface area contributed by atoms with Crippen LogP contribution >= 0.6 is 0 Å². The summed E-state index contributed by atoms with van der Waals surface area (Å²) in [7, 11) is 1.71. The predicted octanol–water partition coefficient (Wildman–Crippen LogP) is 3.78. The second-order valence-electron chi connectivity index (χ2n) is 4.92. The molecule has 96 valence electrons. The number of rotatable bonds is 6. The van der Waals surface area contributed by atoms with Crippen LogP contribution in [0.2, 0.25) is 0 Å². The van der Waals surface area contributed by atoms with E-state index in [0.29, 0.717) is 18.0 Å². The topological polar surface area (TPSA) is 21.3 Å². The number of ether oxygens (including phenoxy) is 1. The van der Waals surface area contributed by atoms with E-state index in [1.165, 1.54) is 5.56 Å². The quantitative estimate of drug-likeness (QED) is 0.810. The van der Waals surface area contributed by atoms with Crippen molar-refractivity contribution in [3.05, 3.63) is 29.8 Å². The molecule has 0 aliphatic carbocycles. The molecule has 1 aromatic carbocycles. The van der Waals surface area contributed by atoms with Crippen molar-refractivity contribution < 1.29 is 4.74 Å². The van der Waals surface area contributed by atoms with Gasteiger partial charge in [0, 0.05) is 12.1 Å². The van der Waals surface area contributed by atoms with Crippen LogP contribution in [0.25, 0.3) is 0 Å². The van der Waals surface area contributed by atoms with Crippen molar-refractivity contribution in [3.63, 3.8) is 0 Å². The maximum atomic E-state index is 5.26. The number of methoxy groups -OCH3 is 1. The fourth-order valence-electron chi connectivity index (χ4n) is 2.11. The Labute approximate surface area is 105 Å². The van der Waals surface area contributed by atoms with Gasteiger partial charge in [-0.05, 0) is 37.0 Å². The van der Waals surface area contributed by atoms with E-state index < -0.39 is 0 Å². The summed E-state index contributed by atoms with van der Waals surface area (Å²) < 4.78 is 5.26. The van der Waals surface area contributed by atoms with Crippen LogP contribution in [-0.4, -0.2) is 13.2 Å². The molecular weight excluding hydrogens is 210 g/mol. The zero-order valence-corrected chi connectivity index (χ0v) is 11.7. The fraction of sp³-hybridized carbons (Fsp3) is 0.600. The number of hydrogen-bond donors (Lipinski definition) is 1. The Balaban J connectivity index is 2.71. The van der Waals surface area contributed by atoms with Crippen LogP contribution < -0.4 is 10.1 Å². The summed E-state index contributed by atoms with van der Waals surface area (Å²) in [6.07, 6.45) is 1.16. The minimum atomic E-state index is 0.359. The van der Waals surface area contributed by atoms with Crippen molar-refractivity contribution in [1.29, 1.82) is 0 Å². The molecule has 0 aliphatic rings. The van der Waals surface area contributed by atoms with Gasteiger partial charge < -0.3 is 10.1 Å². The van der Waals surface area contributed by atoms with Crippen LogP contribution in [0.5, 0.6) is 5.75 Å². The van der Waals surface area contributed by atoms with Crippen LogP contribution in [0.1, 0.15) is 45.7 Å². The molecule has 17 heavy (non-hydrogen) atoms. The van der Waals surface area contributed by atoms with Crippen molar-refractivity contribution in [2.75, 3.05) is 7.11 Å². The molecule has 1 rings (SSSR count). The van der Waals surface area contributed by atoms with E-state index in [4.69, 9.17) is 4.74 Å². The van der Waals surface area contributed by atoms with E-state index >= 15 is 0 Å². The monoisotopic (exact) mass is 235 g/mol. The van der Waals surface area contributed by atoms with E-state index in [0.717, 1.165) is 12.2 Å². The van der Waals surface area contributed by atoms with Gasteiger partial charge in [0.15, 0.2) is 0 Å². The molecule has 0 aromatic heterocycles. The lowest BCUT2D eigenvalue weighted by Crippen LogP contribution is -2.35. The van der Waals surface area contributed by atoms with E-state index in [2.05, 4.69) is 45.1 Å². The minimum Gasteiger partial charge on any atom is -0.497 e. The van der Waals surface area contributed by atoms with Gasteiger partial charge in [0.25, 0.3) is 0 Å². The average molecular weight is 235 g/mol. The molecular formula is C15H25NO. The van der Waals surface area contributed by atoms with E-state index in [1.807, 2.05) is 12.1 Å². The molecule has 2 unspecified atom stereocenters. The summed E-state index contributed by atoms with van der Waals surface area (Å²) in [6.45, 7) is 8.97. The lowest BCUT2D eigenvalue weighted by Gasteiger charge is -2.25. The zero-order valence-electron chi connectivity index (χ0n) is 11.7. The molecule has 0 fully saturated rings. The summed E-state index contributed by atoms with van der Waals surface area (Å²) in [5, 5.41) is 3.68. The normalized spacial score (nSPS) is 14.7. The zero-order chi connectivity index (χ0) is 12.8. The van der Waals surface area contributed by atoms with Gasteiger partial charge in [-0.15, -0.1) is 0 Å². The molecule has 2 nitrogen and oxygen atoms in total. The Morgan fingerprint density at radius 2 is 1.94 bits per heavy atom. The third-order valence-electron chi connectivity index (χ3n) is 3.30. The van der Waals surface area contributed by atoms with Crippen LogP contribution in [0, 0.1) is 5.92 Å². The molecule has 0 spiro atoms. The van der Waals surface area contributed by atoms with Gasteiger partial charge in [-0.25, -0.2) is 0 Å². The Bertz CT molecular complexity index is 335. The molecule has 0 radical (unpaired) electrons. The predicted molar refractivity (Wildman–Crippen MR) is 73.5 cm³/mol. The molecule has 0 heterocycles. The third kappa shape index (κ3) is 4.04. The van der Waals surface area contributed by atoms with Gasteiger partial charge in [-0.1, -0.05) is 32.9 Å². The largest absolute Gasteiger partial charge is 0.497 e. The molecule has 0 bridgehead atoms. The summed E-state index contributed by atoms with van der Waals surface area (Å²) in [5.41, 5.74) is 1.28. The first-order valence-corrected chi connectivity index (χ1v) is 6.48. The maximum Gasteiger partial charge on any atom is 0.119 e. The highest BCUT2D eigenvalue weighted by molar-refractivity contribution is 5.30. The molecule has 1 aromatic rings. The van der Waals surface area contributed by atoms with Crippen molar-refractivity contribution in [3.8, 4) is 5.75 Å². The van der Waals surface area contributed by atoms with E-state index in [-0.39, 0.29) is 0 Å². The molecule has 2 atom stereocenters. The van der Waals surface area contributed by atoms with Crippen LogP contribution in [0.3, 0.4) is 0 Å². The molecule has 0 saturated carbocycles. The van der Waals surface area contributed by atoms with Crippen LogP contribution in [0.15, 0.2) is 24.3 Å². The lowest BCUT2D eigenvalue weighted by molar-refractivity contribution is 0.354. The Hall–Kier alpha value is -1.02. The second-order valence-corrected chi connectivity index (χ2v) is 4.92. The first-order valence-electron chi connectivity index (χ1n) is 6.48. The lowest BCUT2D eigenvalue weighted by atomic mass is 9.99. The Kier molecular flexibility index (Phi) is 5.49. The second kappa shape index (κ2) is 6.65.